The van der Waals surface area contributed by atoms with Gasteiger partial charge in [0.05, 0.1) is 11.5 Å². The summed E-state index contributed by atoms with van der Waals surface area (Å²) in [7, 11) is -4.52. The van der Waals surface area contributed by atoms with Gasteiger partial charge >= 0.3 is 12.1 Å². The standard InChI is InChI=1S/C32H36BrF2N3O4S.C2HF3O2/c33-24-8-6-21-15-23(7-5-22(21)16-24)32(34,35)30(31(39)38-26-9-10-27(38)18-25(36)17-26)37-43(40,41)29-13-11-28(12-14-29)42-19-20-3-1-2-4-20;3-2(4,5)1(6)7/h5-8,11-16,20,25-27,30,37H,1-4,9-10,17-19,36H2;(H,6,7). The fraction of sp³-hybridized carbons (Fsp3) is 0.471. The van der Waals surface area contributed by atoms with E-state index in [9.17, 15) is 26.4 Å². The molecule has 3 atom stereocenters. The van der Waals surface area contributed by atoms with Gasteiger partial charge in [0.1, 0.15) is 5.75 Å². The number of halogens is 6. The third-order valence-electron chi connectivity index (χ3n) is 9.43. The highest BCUT2D eigenvalue weighted by Gasteiger charge is 2.53. The first kappa shape index (κ1) is 37.9. The number of benzene rings is 3. The number of alkyl halides is 5. The summed E-state index contributed by atoms with van der Waals surface area (Å²) in [6.07, 6.45) is 1.82. The Morgan fingerprint density at radius 1 is 0.920 bits per heavy atom. The van der Waals surface area contributed by atoms with E-state index in [1.165, 1.54) is 54.1 Å². The van der Waals surface area contributed by atoms with Crippen LogP contribution in [-0.2, 0) is 25.5 Å². The number of piperidine rings is 1. The number of carbonyl (C=O) groups excluding carboxylic acids is 1. The smallest absolute Gasteiger partial charge is 0.490 e. The van der Waals surface area contributed by atoms with Crippen LogP contribution in [0.25, 0.3) is 10.8 Å². The number of hydrogen-bond acceptors (Lipinski definition) is 6. The van der Waals surface area contributed by atoms with Crippen LogP contribution in [0, 0.1) is 5.92 Å². The van der Waals surface area contributed by atoms with E-state index in [0.29, 0.717) is 49.3 Å². The molecular weight excluding hydrogens is 753 g/mol. The lowest BCUT2D eigenvalue weighted by molar-refractivity contribution is -0.192. The van der Waals surface area contributed by atoms with Crippen LogP contribution in [0.2, 0.25) is 0 Å². The Morgan fingerprint density at radius 2 is 1.48 bits per heavy atom. The van der Waals surface area contributed by atoms with E-state index in [-0.39, 0.29) is 23.0 Å². The SMILES string of the molecule is NC1CC2CCC(C1)N2C(=O)C(NS(=O)(=O)c1ccc(OCC2CCCC2)cc1)C(F)(F)c1ccc2cc(Br)ccc2c1.O=C(O)C(F)(F)F. The molecule has 1 aliphatic carbocycles. The number of nitrogens with zero attached hydrogens (tertiary/aromatic N) is 1. The topological polar surface area (TPSA) is 139 Å². The number of nitrogens with one attached hydrogen (secondary N) is 1. The number of amides is 1. The van der Waals surface area contributed by atoms with E-state index in [2.05, 4.69) is 20.7 Å². The molecule has 4 N–H and O–H groups in total. The number of aliphatic carboxylic acids is 1. The van der Waals surface area contributed by atoms with E-state index in [1.807, 2.05) is 0 Å². The lowest BCUT2D eigenvalue weighted by Gasteiger charge is -2.41. The van der Waals surface area contributed by atoms with E-state index in [1.54, 1.807) is 24.3 Å². The van der Waals surface area contributed by atoms with Crippen LogP contribution in [-0.4, -0.2) is 67.3 Å². The van der Waals surface area contributed by atoms with Crippen molar-refractivity contribution in [3.8, 4) is 5.75 Å². The van der Waals surface area contributed by atoms with Crippen molar-refractivity contribution in [1.82, 2.24) is 9.62 Å². The molecule has 16 heteroatoms. The summed E-state index contributed by atoms with van der Waals surface area (Å²) in [5.41, 5.74) is 5.73. The molecule has 3 unspecified atom stereocenters. The van der Waals surface area contributed by atoms with Crippen molar-refractivity contribution >= 4 is 48.6 Å². The Kier molecular flexibility index (Phi) is 11.4. The van der Waals surface area contributed by atoms with Gasteiger partial charge in [-0.3, -0.25) is 4.79 Å². The summed E-state index contributed by atoms with van der Waals surface area (Å²) in [5, 5.41) is 8.40. The molecule has 2 bridgehead atoms. The lowest BCUT2D eigenvalue weighted by atomic mass is 9.94. The van der Waals surface area contributed by atoms with Crippen molar-refractivity contribution in [3.05, 3.63) is 70.7 Å². The van der Waals surface area contributed by atoms with Crippen LogP contribution in [0.5, 0.6) is 5.75 Å². The summed E-state index contributed by atoms with van der Waals surface area (Å²) in [6, 6.07) is 12.0. The van der Waals surface area contributed by atoms with Gasteiger partial charge in [0.25, 0.3) is 5.92 Å². The second-order valence-corrected chi connectivity index (χ2v) is 15.6. The second kappa shape index (κ2) is 15.1. The lowest BCUT2D eigenvalue weighted by Crippen LogP contribution is -2.60. The van der Waals surface area contributed by atoms with Crippen molar-refractivity contribution in [2.75, 3.05) is 6.61 Å². The Bertz CT molecular complexity index is 1790. The summed E-state index contributed by atoms with van der Waals surface area (Å²) in [5.74, 6) is -6.55. The summed E-state index contributed by atoms with van der Waals surface area (Å²) < 4.78 is 101. The van der Waals surface area contributed by atoms with Crippen molar-refractivity contribution in [3.63, 3.8) is 0 Å². The van der Waals surface area contributed by atoms with Gasteiger partial charge in [-0.2, -0.15) is 26.7 Å². The normalized spacial score (nSPS) is 21.8. The molecule has 2 saturated heterocycles. The number of fused-ring (bicyclic) bond motifs is 3. The number of nitrogens with two attached hydrogens (primary N) is 1. The van der Waals surface area contributed by atoms with Crippen LogP contribution in [0.15, 0.2) is 70.0 Å². The molecule has 2 aliphatic heterocycles. The molecule has 2 heterocycles. The third kappa shape index (κ3) is 8.75. The van der Waals surface area contributed by atoms with Crippen LogP contribution in [0.3, 0.4) is 0 Å². The molecular formula is C34H37BrF5N3O6S. The quantitative estimate of drug-likeness (QED) is 0.205. The fourth-order valence-corrected chi connectivity index (χ4v) is 8.50. The van der Waals surface area contributed by atoms with Gasteiger partial charge in [-0.1, -0.05) is 47.0 Å². The molecule has 0 aromatic heterocycles. The Morgan fingerprint density at radius 3 is 2.06 bits per heavy atom. The molecule has 3 aliphatic rings. The molecule has 50 heavy (non-hydrogen) atoms. The predicted molar refractivity (Wildman–Crippen MR) is 178 cm³/mol. The molecule has 0 spiro atoms. The highest BCUT2D eigenvalue weighted by Crippen LogP contribution is 2.40. The first-order valence-electron chi connectivity index (χ1n) is 16.2. The largest absolute Gasteiger partial charge is 0.493 e. The maximum absolute atomic E-state index is 16.5. The van der Waals surface area contributed by atoms with Gasteiger partial charge in [0, 0.05) is 28.2 Å². The fourth-order valence-electron chi connectivity index (χ4n) is 6.93. The minimum absolute atomic E-state index is 0.119. The number of rotatable bonds is 9. The zero-order chi connectivity index (χ0) is 36.4. The third-order valence-corrected chi connectivity index (χ3v) is 11.4. The van der Waals surface area contributed by atoms with E-state index in [4.69, 9.17) is 20.4 Å². The Balaban J connectivity index is 0.000000630. The van der Waals surface area contributed by atoms with Crippen molar-refractivity contribution in [2.45, 2.75) is 92.5 Å². The van der Waals surface area contributed by atoms with Crippen molar-refractivity contribution in [1.29, 1.82) is 0 Å². The van der Waals surface area contributed by atoms with Gasteiger partial charge in [-0.05, 0) is 97.7 Å². The first-order chi connectivity index (χ1) is 23.5. The van der Waals surface area contributed by atoms with Crippen molar-refractivity contribution in [2.24, 2.45) is 11.7 Å². The average molecular weight is 791 g/mol. The Hall–Kier alpha value is -3.34. The van der Waals surface area contributed by atoms with Gasteiger partial charge in [0.2, 0.25) is 15.9 Å². The van der Waals surface area contributed by atoms with E-state index in [0.717, 1.165) is 22.7 Å². The molecule has 3 fully saturated rings. The highest BCUT2D eigenvalue weighted by molar-refractivity contribution is 9.10. The van der Waals surface area contributed by atoms with E-state index < -0.39 is 45.6 Å². The van der Waals surface area contributed by atoms with Crippen LogP contribution in [0.1, 0.15) is 56.9 Å². The predicted octanol–water partition coefficient (Wildman–Crippen LogP) is 6.72. The molecule has 3 aromatic carbocycles. The van der Waals surface area contributed by atoms with Gasteiger partial charge in [0.15, 0.2) is 6.04 Å². The maximum atomic E-state index is 16.5. The highest BCUT2D eigenvalue weighted by atomic mass is 79.9. The minimum Gasteiger partial charge on any atom is -0.493 e. The minimum atomic E-state index is -5.08. The maximum Gasteiger partial charge on any atom is 0.490 e. The van der Waals surface area contributed by atoms with Gasteiger partial charge in [-0.15, -0.1) is 0 Å². The number of hydrogen-bond donors (Lipinski definition) is 3. The molecule has 1 saturated carbocycles. The molecule has 9 nitrogen and oxygen atoms in total. The average Bonchev–Trinajstić information content (AvgIpc) is 3.68. The van der Waals surface area contributed by atoms with Crippen LogP contribution < -0.4 is 15.2 Å². The van der Waals surface area contributed by atoms with Crippen molar-refractivity contribution < 1.29 is 49.8 Å². The van der Waals surface area contributed by atoms with Crippen LogP contribution in [0.4, 0.5) is 22.0 Å². The monoisotopic (exact) mass is 789 g/mol. The number of carboxylic acid groups (broad SMARTS) is 1. The number of ether oxygens (including phenoxy) is 1. The molecule has 272 valence electrons. The zero-order valence-corrected chi connectivity index (χ0v) is 29.1. The molecule has 1 amide bonds. The summed E-state index contributed by atoms with van der Waals surface area (Å²) in [6.45, 7) is 0.553. The molecule has 0 radical (unpaired) electrons. The molecule has 3 aromatic rings. The van der Waals surface area contributed by atoms with Gasteiger partial charge < -0.3 is 20.5 Å². The number of carboxylic acids is 1. The zero-order valence-electron chi connectivity index (χ0n) is 26.7. The first-order valence-corrected chi connectivity index (χ1v) is 18.4. The van der Waals surface area contributed by atoms with Crippen LogP contribution >= 0.6 is 15.9 Å². The Labute approximate surface area is 294 Å². The summed E-state index contributed by atoms with van der Waals surface area (Å²) >= 11 is 3.39. The second-order valence-electron chi connectivity index (χ2n) is 13.0. The number of sulfonamides is 1. The number of carbonyl (C=O) groups is 2. The van der Waals surface area contributed by atoms with E-state index >= 15 is 8.78 Å². The summed E-state index contributed by atoms with van der Waals surface area (Å²) in [4.78, 5) is 24.2. The molecule has 6 rings (SSSR count). The van der Waals surface area contributed by atoms with Gasteiger partial charge in [-0.25, -0.2) is 13.2 Å².